The molecule has 0 bridgehead atoms. The Hall–Kier alpha value is -2.60. The molecule has 1 amide bonds. The number of fused-ring (bicyclic) bond motifs is 1. The maximum Gasteiger partial charge on any atom is 0.251 e. The summed E-state index contributed by atoms with van der Waals surface area (Å²) in [5.41, 5.74) is 1.60. The molecular formula is C17H18N4O2. The molecular weight excluding hydrogens is 292 g/mol. The molecule has 1 aromatic carbocycles. The Labute approximate surface area is 133 Å². The molecule has 3 aromatic rings. The van der Waals surface area contributed by atoms with Crippen LogP contribution in [0.2, 0.25) is 0 Å². The van der Waals surface area contributed by atoms with Gasteiger partial charge in [-0.2, -0.15) is 0 Å². The maximum atomic E-state index is 12.6. The van der Waals surface area contributed by atoms with Crippen molar-refractivity contribution in [2.45, 2.75) is 18.6 Å². The fourth-order valence-corrected chi connectivity index (χ4v) is 3.08. The minimum atomic E-state index is -0.201. The molecule has 0 spiro atoms. The molecule has 2 N–H and O–H groups in total. The third-order valence-electron chi connectivity index (χ3n) is 4.34. The number of H-pyrrole nitrogens is 1. The van der Waals surface area contributed by atoms with Gasteiger partial charge in [0, 0.05) is 43.3 Å². The molecule has 1 aliphatic heterocycles. The molecule has 0 saturated carbocycles. The summed E-state index contributed by atoms with van der Waals surface area (Å²) in [6.07, 6.45) is 6.08. The van der Waals surface area contributed by atoms with Gasteiger partial charge in [0.05, 0.1) is 6.04 Å². The van der Waals surface area contributed by atoms with Crippen molar-refractivity contribution < 1.29 is 9.53 Å². The van der Waals surface area contributed by atoms with Crippen molar-refractivity contribution in [2.24, 2.45) is 7.05 Å². The van der Waals surface area contributed by atoms with Crippen LogP contribution in [0.25, 0.3) is 10.9 Å². The van der Waals surface area contributed by atoms with Gasteiger partial charge in [0.15, 0.2) is 0 Å². The number of carbonyl (C=O) groups is 1. The molecule has 3 heterocycles. The average molecular weight is 310 g/mol. The summed E-state index contributed by atoms with van der Waals surface area (Å²) in [5, 5.41) is 4.18. The lowest BCUT2D eigenvalue weighted by molar-refractivity contribution is 0.0779. The smallest absolute Gasteiger partial charge is 0.251 e. The van der Waals surface area contributed by atoms with Gasteiger partial charge in [0.1, 0.15) is 11.9 Å². The normalized spacial score (nSPS) is 20.9. The molecule has 2 atom stereocenters. The van der Waals surface area contributed by atoms with E-state index < -0.39 is 0 Å². The number of hydrogen-bond acceptors (Lipinski definition) is 3. The van der Waals surface area contributed by atoms with E-state index in [1.54, 1.807) is 6.20 Å². The molecule has 23 heavy (non-hydrogen) atoms. The first-order valence-corrected chi connectivity index (χ1v) is 7.69. The Morgan fingerprint density at radius 3 is 3.17 bits per heavy atom. The molecule has 0 radical (unpaired) electrons. The number of carbonyl (C=O) groups excluding carboxylic acids is 1. The number of nitrogens with zero attached hydrogens (tertiary/aromatic N) is 2. The van der Waals surface area contributed by atoms with E-state index in [1.807, 2.05) is 48.3 Å². The van der Waals surface area contributed by atoms with Crippen LogP contribution in [0.15, 0.2) is 42.9 Å². The molecule has 1 saturated heterocycles. The molecule has 6 heteroatoms. The van der Waals surface area contributed by atoms with Crippen molar-refractivity contribution in [2.75, 3.05) is 6.61 Å². The van der Waals surface area contributed by atoms with E-state index in [0.717, 1.165) is 23.1 Å². The number of amides is 1. The first-order valence-electron chi connectivity index (χ1n) is 7.69. The SMILES string of the molecule is Cn1ccnc1[C@H]1OCC[C@@H]1NC(=O)c1ccc2cc[nH]c2c1. The number of aromatic nitrogens is 3. The highest BCUT2D eigenvalue weighted by atomic mass is 16.5. The summed E-state index contributed by atoms with van der Waals surface area (Å²) in [4.78, 5) is 20.0. The second-order valence-electron chi connectivity index (χ2n) is 5.84. The summed E-state index contributed by atoms with van der Waals surface area (Å²) in [7, 11) is 1.93. The average Bonchev–Trinajstić information content (AvgIpc) is 3.26. The number of hydrogen-bond donors (Lipinski definition) is 2. The zero-order chi connectivity index (χ0) is 15.8. The Kier molecular flexibility index (Phi) is 3.38. The van der Waals surface area contributed by atoms with Gasteiger partial charge in [-0.05, 0) is 30.0 Å². The van der Waals surface area contributed by atoms with Gasteiger partial charge in [-0.25, -0.2) is 4.98 Å². The van der Waals surface area contributed by atoms with Crippen molar-refractivity contribution in [1.29, 1.82) is 0 Å². The number of benzene rings is 1. The zero-order valence-electron chi connectivity index (χ0n) is 12.8. The van der Waals surface area contributed by atoms with Crippen molar-refractivity contribution in [3.63, 3.8) is 0 Å². The predicted molar refractivity (Wildman–Crippen MR) is 86.1 cm³/mol. The second-order valence-corrected chi connectivity index (χ2v) is 5.84. The van der Waals surface area contributed by atoms with E-state index >= 15 is 0 Å². The minimum Gasteiger partial charge on any atom is -0.368 e. The molecule has 2 aromatic heterocycles. The topological polar surface area (TPSA) is 71.9 Å². The number of nitrogens with one attached hydrogen (secondary N) is 2. The van der Waals surface area contributed by atoms with Gasteiger partial charge < -0.3 is 19.6 Å². The number of aromatic amines is 1. The molecule has 118 valence electrons. The summed E-state index contributed by atoms with van der Waals surface area (Å²) in [6, 6.07) is 7.58. The highest BCUT2D eigenvalue weighted by Crippen LogP contribution is 2.28. The maximum absolute atomic E-state index is 12.6. The summed E-state index contributed by atoms with van der Waals surface area (Å²) >= 11 is 0. The number of ether oxygens (including phenoxy) is 1. The zero-order valence-corrected chi connectivity index (χ0v) is 12.8. The number of imidazole rings is 1. The Bertz CT molecular complexity index is 851. The van der Waals surface area contributed by atoms with Crippen LogP contribution in [0.5, 0.6) is 0 Å². The molecule has 1 aliphatic rings. The summed E-state index contributed by atoms with van der Waals surface area (Å²) < 4.78 is 7.71. The molecule has 0 aliphatic carbocycles. The van der Waals surface area contributed by atoms with Crippen molar-refractivity contribution in [3.05, 3.63) is 54.2 Å². The van der Waals surface area contributed by atoms with E-state index in [0.29, 0.717) is 12.2 Å². The lowest BCUT2D eigenvalue weighted by Crippen LogP contribution is -2.37. The van der Waals surface area contributed by atoms with Gasteiger partial charge in [-0.1, -0.05) is 6.07 Å². The minimum absolute atomic E-state index is 0.0667. The van der Waals surface area contributed by atoms with Crippen LogP contribution < -0.4 is 5.32 Å². The Morgan fingerprint density at radius 1 is 1.43 bits per heavy atom. The molecule has 1 fully saturated rings. The van der Waals surface area contributed by atoms with Crippen LogP contribution in [-0.2, 0) is 11.8 Å². The number of rotatable bonds is 3. The summed E-state index contributed by atoms with van der Waals surface area (Å²) in [5.74, 6) is 0.754. The lowest BCUT2D eigenvalue weighted by Gasteiger charge is -2.19. The third kappa shape index (κ3) is 2.51. The highest BCUT2D eigenvalue weighted by molar-refractivity contribution is 5.98. The Balaban J connectivity index is 1.54. The Morgan fingerprint density at radius 2 is 2.35 bits per heavy atom. The highest BCUT2D eigenvalue weighted by Gasteiger charge is 2.33. The van der Waals surface area contributed by atoms with Gasteiger partial charge >= 0.3 is 0 Å². The van der Waals surface area contributed by atoms with Crippen LogP contribution in [-0.4, -0.2) is 33.1 Å². The molecule has 0 unspecified atom stereocenters. The van der Waals surface area contributed by atoms with E-state index in [1.165, 1.54) is 0 Å². The van der Waals surface area contributed by atoms with Crippen molar-refractivity contribution >= 4 is 16.8 Å². The van der Waals surface area contributed by atoms with E-state index in [2.05, 4.69) is 15.3 Å². The third-order valence-corrected chi connectivity index (χ3v) is 4.34. The van der Waals surface area contributed by atoms with E-state index in [9.17, 15) is 4.79 Å². The van der Waals surface area contributed by atoms with Gasteiger partial charge in [-0.15, -0.1) is 0 Å². The van der Waals surface area contributed by atoms with Crippen molar-refractivity contribution in [1.82, 2.24) is 19.9 Å². The van der Waals surface area contributed by atoms with Crippen LogP contribution in [0.4, 0.5) is 0 Å². The lowest BCUT2D eigenvalue weighted by atomic mass is 10.1. The quantitative estimate of drug-likeness (QED) is 0.778. The fourth-order valence-electron chi connectivity index (χ4n) is 3.08. The van der Waals surface area contributed by atoms with Gasteiger partial charge in [-0.3, -0.25) is 4.79 Å². The van der Waals surface area contributed by atoms with E-state index in [-0.39, 0.29) is 18.1 Å². The monoisotopic (exact) mass is 310 g/mol. The standard InChI is InChI=1S/C17H18N4O2/c1-21-8-7-19-16(21)15-13(5-9-23-15)20-17(22)12-3-2-11-4-6-18-14(11)10-12/h2-4,6-8,10,13,15,18H,5,9H2,1H3,(H,20,22)/t13-,15-/m0/s1. The largest absolute Gasteiger partial charge is 0.368 e. The fraction of sp³-hybridized carbons (Fsp3) is 0.294. The molecule has 4 rings (SSSR count). The van der Waals surface area contributed by atoms with E-state index in [4.69, 9.17) is 4.74 Å². The predicted octanol–water partition coefficient (Wildman–Crippen LogP) is 2.16. The first-order chi connectivity index (χ1) is 11.2. The van der Waals surface area contributed by atoms with Crippen LogP contribution in [0, 0.1) is 0 Å². The van der Waals surface area contributed by atoms with Gasteiger partial charge in [0.25, 0.3) is 5.91 Å². The second kappa shape index (κ2) is 5.55. The van der Waals surface area contributed by atoms with Crippen LogP contribution >= 0.6 is 0 Å². The van der Waals surface area contributed by atoms with Crippen molar-refractivity contribution in [3.8, 4) is 0 Å². The van der Waals surface area contributed by atoms with Gasteiger partial charge in [0.2, 0.25) is 0 Å². The first kappa shape index (κ1) is 14.0. The number of aryl methyl sites for hydroxylation is 1. The molecule has 6 nitrogen and oxygen atoms in total. The van der Waals surface area contributed by atoms with Crippen LogP contribution in [0.3, 0.4) is 0 Å². The summed E-state index contributed by atoms with van der Waals surface area (Å²) in [6.45, 7) is 0.623. The van der Waals surface area contributed by atoms with Crippen LogP contribution in [0.1, 0.15) is 28.7 Å².